The molecule has 0 spiro atoms. The van der Waals surface area contributed by atoms with Crippen molar-refractivity contribution in [2.24, 2.45) is 5.41 Å². The van der Waals surface area contributed by atoms with E-state index in [0.717, 1.165) is 15.9 Å². The third-order valence-electron chi connectivity index (χ3n) is 6.96. The number of ether oxygens (including phenoxy) is 2. The van der Waals surface area contributed by atoms with Crippen LogP contribution in [0.4, 0.5) is 0 Å². The maximum atomic E-state index is 13.6. The minimum Gasteiger partial charge on any atom is -0.469 e. The lowest BCUT2D eigenvalue weighted by molar-refractivity contribution is -0.156. The molecule has 0 aromatic heterocycles. The number of esters is 2. The molecule has 4 aromatic carbocycles. The fourth-order valence-corrected chi connectivity index (χ4v) is 8.73. The van der Waals surface area contributed by atoms with Crippen molar-refractivity contribution in [2.75, 3.05) is 14.2 Å². The third kappa shape index (κ3) is 6.11. The smallest absolute Gasteiger partial charge is 0.316 e. The first kappa shape index (κ1) is 28.7. The second kappa shape index (κ2) is 13.1. The molecule has 0 saturated heterocycles. The Balaban J connectivity index is 1.98. The van der Waals surface area contributed by atoms with E-state index in [9.17, 15) is 14.4 Å². The molecule has 0 N–H and O–H groups in total. The van der Waals surface area contributed by atoms with Gasteiger partial charge in [-0.25, -0.2) is 0 Å². The molecule has 0 aliphatic heterocycles. The molecule has 4 aromatic rings. The first-order valence-electron chi connectivity index (χ1n) is 12.9. The molecule has 6 heteroatoms. The molecule has 0 fully saturated rings. The van der Waals surface area contributed by atoms with E-state index in [0.29, 0.717) is 5.56 Å². The Bertz CT molecular complexity index is 1360. The monoisotopic (exact) mass is 551 g/mol. The lowest BCUT2D eigenvalue weighted by Gasteiger charge is -2.29. The maximum absolute atomic E-state index is 13.6. The number of methoxy groups -OCH3 is 2. The van der Waals surface area contributed by atoms with Crippen molar-refractivity contribution >= 4 is 40.9 Å². The van der Waals surface area contributed by atoms with Crippen LogP contribution in [-0.2, 0) is 19.1 Å². The number of hydrogen-bond donors (Lipinski definition) is 0. The second-order valence-corrected chi connectivity index (χ2v) is 12.7. The van der Waals surface area contributed by atoms with Crippen LogP contribution in [0.1, 0.15) is 23.2 Å². The minimum atomic E-state index is -2.52. The van der Waals surface area contributed by atoms with E-state index in [1.807, 2.05) is 66.5 Å². The summed E-state index contributed by atoms with van der Waals surface area (Å²) in [6.45, 7) is 0. The Labute approximate surface area is 235 Å². The normalized spacial score (nSPS) is 12.8. The van der Waals surface area contributed by atoms with Crippen LogP contribution in [0.5, 0.6) is 0 Å². The third-order valence-corrected chi connectivity index (χ3v) is 10.9. The van der Waals surface area contributed by atoms with Crippen molar-refractivity contribution < 1.29 is 23.9 Å². The Hall–Kier alpha value is -4.34. The van der Waals surface area contributed by atoms with Crippen LogP contribution in [-0.4, -0.2) is 31.9 Å². The average Bonchev–Trinajstić information content (AvgIpc) is 3.02. The van der Waals surface area contributed by atoms with Crippen LogP contribution in [0.15, 0.2) is 133 Å². The van der Waals surface area contributed by atoms with Crippen molar-refractivity contribution in [1.29, 1.82) is 0 Å². The highest BCUT2D eigenvalue weighted by Gasteiger charge is 2.47. The zero-order valence-electron chi connectivity index (χ0n) is 22.6. The topological polar surface area (TPSA) is 69.7 Å². The number of Topliss-reactive ketones (excluding diaryl/α,β-unsaturated/α-hetero) is 1. The van der Waals surface area contributed by atoms with Crippen LogP contribution in [0.25, 0.3) is 0 Å². The predicted octanol–water partition coefficient (Wildman–Crippen LogP) is 5.49. The summed E-state index contributed by atoms with van der Waals surface area (Å²) in [5.74, 6) is 0.470. The van der Waals surface area contributed by atoms with Crippen molar-refractivity contribution in [2.45, 2.75) is 12.8 Å². The summed E-state index contributed by atoms with van der Waals surface area (Å²) in [4.78, 5) is 39.8. The Morgan fingerprint density at radius 3 is 1.45 bits per heavy atom. The Morgan fingerprint density at radius 1 is 0.625 bits per heavy atom. The highest BCUT2D eigenvalue weighted by molar-refractivity contribution is 7.98. The molecule has 0 aliphatic rings. The molecule has 0 unspecified atom stereocenters. The molecule has 40 heavy (non-hydrogen) atoms. The summed E-state index contributed by atoms with van der Waals surface area (Å²) in [5.41, 5.74) is -1.14. The largest absolute Gasteiger partial charge is 0.469 e. The van der Waals surface area contributed by atoms with Crippen LogP contribution in [0.3, 0.4) is 0 Å². The van der Waals surface area contributed by atoms with E-state index in [-0.39, 0.29) is 18.6 Å². The van der Waals surface area contributed by atoms with Crippen molar-refractivity contribution in [3.63, 3.8) is 0 Å². The van der Waals surface area contributed by atoms with Gasteiger partial charge in [0.15, 0.2) is 5.78 Å². The summed E-state index contributed by atoms with van der Waals surface area (Å²) in [6, 6.07) is 39.0. The van der Waals surface area contributed by atoms with Gasteiger partial charge < -0.3 is 9.47 Å². The van der Waals surface area contributed by atoms with Gasteiger partial charge in [-0.05, 0) is 42.5 Å². The van der Waals surface area contributed by atoms with Gasteiger partial charge in [-0.15, -0.1) is 0 Å². The average molecular weight is 552 g/mol. The van der Waals surface area contributed by atoms with Gasteiger partial charge in [-0.2, -0.15) is 0 Å². The first-order chi connectivity index (χ1) is 19.4. The number of ketones is 1. The number of carbonyl (C=O) groups excluding carboxylic acids is 3. The number of hydrogen-bond acceptors (Lipinski definition) is 5. The highest BCUT2D eigenvalue weighted by atomic mass is 31.2. The predicted molar refractivity (Wildman–Crippen MR) is 161 cm³/mol. The Morgan fingerprint density at radius 2 is 1.05 bits per heavy atom. The molecule has 0 bridgehead atoms. The quantitative estimate of drug-likeness (QED) is 0.140. The summed E-state index contributed by atoms with van der Waals surface area (Å²) < 4.78 is 10.2. The molecular weight excluding hydrogens is 519 g/mol. The molecule has 202 valence electrons. The summed E-state index contributed by atoms with van der Waals surface area (Å²) in [7, 11) is 0.0143. The molecule has 0 amide bonds. The van der Waals surface area contributed by atoms with Crippen LogP contribution in [0.2, 0.25) is 0 Å². The summed E-state index contributed by atoms with van der Waals surface area (Å²) >= 11 is 0. The number of carbonyl (C=O) groups is 3. The SMILES string of the molecule is COC(=O)C[C@@](/C=C/[P+](c1ccccc1)(c1ccccc1)c1ccccc1)(CC(=O)c1ccccc1)C(=O)OC. The molecule has 4 rings (SSSR count). The lowest BCUT2D eigenvalue weighted by atomic mass is 9.78. The van der Waals surface area contributed by atoms with Gasteiger partial charge >= 0.3 is 11.9 Å². The van der Waals surface area contributed by atoms with E-state index in [1.54, 1.807) is 30.3 Å². The number of benzene rings is 4. The highest BCUT2D eigenvalue weighted by Crippen LogP contribution is 2.58. The van der Waals surface area contributed by atoms with Crippen LogP contribution < -0.4 is 15.9 Å². The van der Waals surface area contributed by atoms with Crippen molar-refractivity contribution in [3.8, 4) is 0 Å². The Kier molecular flexibility index (Phi) is 9.42. The van der Waals surface area contributed by atoms with Gasteiger partial charge in [-0.3, -0.25) is 14.4 Å². The molecule has 0 aliphatic carbocycles. The first-order valence-corrected chi connectivity index (χ1v) is 14.8. The van der Waals surface area contributed by atoms with E-state index in [2.05, 4.69) is 36.4 Å². The van der Waals surface area contributed by atoms with Gasteiger partial charge in [0, 0.05) is 12.0 Å². The van der Waals surface area contributed by atoms with E-state index in [4.69, 9.17) is 9.47 Å². The van der Waals surface area contributed by atoms with Gasteiger partial charge in [0.05, 0.1) is 26.5 Å². The zero-order valence-corrected chi connectivity index (χ0v) is 23.5. The zero-order chi connectivity index (χ0) is 28.4. The summed E-state index contributed by atoms with van der Waals surface area (Å²) in [6.07, 6.45) is 1.12. The van der Waals surface area contributed by atoms with Crippen molar-refractivity contribution in [1.82, 2.24) is 0 Å². The second-order valence-electron chi connectivity index (χ2n) is 9.41. The molecular formula is C34H32O5P+. The van der Waals surface area contributed by atoms with E-state index < -0.39 is 24.6 Å². The number of rotatable bonds is 11. The molecule has 0 saturated carbocycles. The van der Waals surface area contributed by atoms with E-state index in [1.165, 1.54) is 14.2 Å². The van der Waals surface area contributed by atoms with Gasteiger partial charge in [-0.1, -0.05) is 84.9 Å². The minimum absolute atomic E-state index is 0.256. The standard InChI is InChI=1S/C34H32O5P/c1-38-32(36)26-34(33(37)39-2,25-31(35)27-15-7-3-8-16-27)23-24-40(28-17-9-4-10-18-28,29-19-11-5-12-20-29)30-21-13-6-14-22-30/h3-24H,25-26H2,1-2H3/q+1/b24-23+/t34-/m1/s1. The van der Waals surface area contributed by atoms with Crippen LogP contribution in [0, 0.1) is 5.41 Å². The van der Waals surface area contributed by atoms with E-state index >= 15 is 0 Å². The molecule has 1 atom stereocenters. The summed E-state index contributed by atoms with van der Waals surface area (Å²) in [5, 5.41) is 3.19. The van der Waals surface area contributed by atoms with Crippen molar-refractivity contribution in [3.05, 3.63) is 139 Å². The fourth-order valence-electron chi connectivity index (χ4n) is 4.89. The van der Waals surface area contributed by atoms with Gasteiger partial charge in [0.1, 0.15) is 28.6 Å². The van der Waals surface area contributed by atoms with Gasteiger partial charge in [0.25, 0.3) is 0 Å². The maximum Gasteiger partial charge on any atom is 0.316 e. The molecule has 0 heterocycles. The van der Waals surface area contributed by atoms with Gasteiger partial charge in [0.2, 0.25) is 0 Å². The lowest BCUT2D eigenvalue weighted by Crippen LogP contribution is -2.37. The molecule has 0 radical (unpaired) electrons. The fraction of sp³-hybridized carbons (Fsp3) is 0.147. The van der Waals surface area contributed by atoms with Crippen LogP contribution >= 0.6 is 7.26 Å². The molecule has 5 nitrogen and oxygen atoms in total.